The second kappa shape index (κ2) is 12.4. The molecular weight excluding hydrogens is 652 g/mol. The van der Waals surface area contributed by atoms with Crippen LogP contribution in [0.15, 0.2) is 33.5 Å². The van der Waals surface area contributed by atoms with Gasteiger partial charge in [0.1, 0.15) is 31.9 Å². The summed E-state index contributed by atoms with van der Waals surface area (Å²) in [7, 11) is -2.07. The molecule has 2 aliphatic rings. The lowest BCUT2D eigenvalue weighted by atomic mass is 9.74. The minimum atomic E-state index is -2.07. The van der Waals surface area contributed by atoms with E-state index in [-0.39, 0.29) is 5.41 Å². The van der Waals surface area contributed by atoms with Gasteiger partial charge in [-0.2, -0.15) is 5.10 Å². The average Bonchev–Trinajstić information content (AvgIpc) is 3.55. The van der Waals surface area contributed by atoms with Gasteiger partial charge in [0.25, 0.3) is 0 Å². The molecule has 240 valence electrons. The Morgan fingerprint density at radius 3 is 2.30 bits per heavy atom. The van der Waals surface area contributed by atoms with E-state index in [9.17, 15) is 4.55 Å². The number of aryl methyl sites for hydroxylation is 1. The fourth-order valence-corrected chi connectivity index (χ4v) is 14.2. The van der Waals surface area contributed by atoms with Crippen LogP contribution in [0.1, 0.15) is 97.7 Å². The number of aromatic nitrogens is 4. The van der Waals surface area contributed by atoms with E-state index >= 15 is 0 Å². The summed E-state index contributed by atoms with van der Waals surface area (Å²) in [4.78, 5) is 12.3. The van der Waals surface area contributed by atoms with Crippen molar-refractivity contribution in [2.24, 2.45) is 9.81 Å². The van der Waals surface area contributed by atoms with Gasteiger partial charge in [-0.25, -0.2) is 9.50 Å². The first kappa shape index (κ1) is 33.6. The fourth-order valence-electron chi connectivity index (χ4n) is 7.68. The molecule has 1 aliphatic heterocycles. The molecule has 0 N–H and O–H groups in total. The molecule has 0 unspecified atom stereocenters. The highest BCUT2D eigenvalue weighted by atomic mass is 79.9. The van der Waals surface area contributed by atoms with E-state index in [1.54, 1.807) is 0 Å². The second-order valence-electron chi connectivity index (χ2n) is 14.6. The maximum atomic E-state index is 13.5. The van der Waals surface area contributed by atoms with Crippen molar-refractivity contribution in [3.05, 3.63) is 51.6 Å². The molecule has 11 heteroatoms. The lowest BCUT2D eigenvalue weighted by Crippen LogP contribution is -2.47. The van der Waals surface area contributed by atoms with Gasteiger partial charge >= 0.3 is 0 Å². The quantitative estimate of drug-likeness (QED) is 0.175. The van der Waals surface area contributed by atoms with Gasteiger partial charge in [0.05, 0.1) is 24.2 Å². The summed E-state index contributed by atoms with van der Waals surface area (Å²) < 4.78 is 28.0. The Hall–Kier alpha value is -1.79. The predicted octanol–water partition coefficient (Wildman–Crippen LogP) is 7.98. The van der Waals surface area contributed by atoms with E-state index in [4.69, 9.17) is 18.8 Å². The summed E-state index contributed by atoms with van der Waals surface area (Å²) >= 11 is 2.28. The molecule has 44 heavy (non-hydrogen) atoms. The SMILES string of the molecule is Cc1nc(N2CCC3(CC2)Cc2c(ccnc2CO[Si](C(C)C)(C(C)C)C(C)C)/C3=N\[S@+]([O-])C(C)(C)C)c2ccnn2c1Br. The summed E-state index contributed by atoms with van der Waals surface area (Å²) in [5.74, 6) is 0.957. The lowest BCUT2D eigenvalue weighted by Gasteiger charge is -2.42. The van der Waals surface area contributed by atoms with Crippen molar-refractivity contribution < 1.29 is 8.98 Å². The summed E-state index contributed by atoms with van der Waals surface area (Å²) in [5.41, 5.74) is 7.52. The third-order valence-corrected chi connectivity index (χ3v) is 18.3. The molecule has 8 nitrogen and oxygen atoms in total. The van der Waals surface area contributed by atoms with Crippen LogP contribution >= 0.6 is 15.9 Å². The Morgan fingerprint density at radius 1 is 1.07 bits per heavy atom. The highest BCUT2D eigenvalue weighted by molar-refractivity contribution is 9.10. The van der Waals surface area contributed by atoms with Crippen molar-refractivity contribution >= 4 is 52.7 Å². The maximum absolute atomic E-state index is 13.5. The van der Waals surface area contributed by atoms with Gasteiger partial charge in [0.2, 0.25) is 8.32 Å². The normalized spacial score (nSPS) is 18.9. The summed E-state index contributed by atoms with van der Waals surface area (Å²) in [5, 5.41) is 4.51. The number of halogens is 1. The highest BCUT2D eigenvalue weighted by Gasteiger charge is 2.50. The van der Waals surface area contributed by atoms with E-state index in [2.05, 4.69) is 73.5 Å². The van der Waals surface area contributed by atoms with E-state index < -0.39 is 24.4 Å². The van der Waals surface area contributed by atoms with Crippen LogP contribution in [-0.2, 0) is 28.8 Å². The van der Waals surface area contributed by atoms with Crippen molar-refractivity contribution in [2.75, 3.05) is 18.0 Å². The maximum Gasteiger partial charge on any atom is 0.200 e. The lowest BCUT2D eigenvalue weighted by molar-refractivity contribution is 0.259. The van der Waals surface area contributed by atoms with Crippen molar-refractivity contribution in [1.82, 2.24) is 19.6 Å². The van der Waals surface area contributed by atoms with Crippen molar-refractivity contribution in [3.63, 3.8) is 0 Å². The van der Waals surface area contributed by atoms with Gasteiger partial charge in [-0.3, -0.25) is 4.98 Å². The minimum absolute atomic E-state index is 0.207. The molecular formula is C33H49BrN6O2SSi. The molecule has 0 bridgehead atoms. The van der Waals surface area contributed by atoms with E-state index in [0.29, 0.717) is 23.2 Å². The zero-order chi connectivity index (χ0) is 32.2. The minimum Gasteiger partial charge on any atom is -0.591 e. The van der Waals surface area contributed by atoms with Crippen LogP contribution in [0.25, 0.3) is 5.52 Å². The molecule has 3 aromatic rings. The van der Waals surface area contributed by atoms with Crippen LogP contribution in [0.4, 0.5) is 5.82 Å². The molecule has 5 rings (SSSR count). The fraction of sp³-hybridized carbons (Fsp3) is 0.636. The highest BCUT2D eigenvalue weighted by Crippen LogP contribution is 2.48. The average molecular weight is 702 g/mol. The predicted molar refractivity (Wildman–Crippen MR) is 188 cm³/mol. The Morgan fingerprint density at radius 2 is 1.70 bits per heavy atom. The molecule has 1 saturated heterocycles. The number of pyridine rings is 1. The number of rotatable bonds is 8. The van der Waals surface area contributed by atoms with E-state index in [0.717, 1.165) is 71.0 Å². The topological polar surface area (TPSA) is 91.0 Å². The standard InChI is InChI=1S/C33H49BrN6O2SSi/c1-21(2)44(22(3)4,23(5)6)42-20-27-26-19-33(29(25(26)11-15-35-27)38-43(41)32(8,9)10)13-17-39(18-14-33)31-28-12-16-36-40(28)30(34)24(7)37-31/h11-12,15-16,21-23H,13-14,17-20H2,1-10H3/b38-29+/t43-/m1/s1. The molecule has 0 radical (unpaired) electrons. The Balaban J connectivity index is 1.50. The van der Waals surface area contributed by atoms with Crippen LogP contribution in [-0.4, -0.2) is 56.0 Å². The molecule has 1 fully saturated rings. The Bertz CT molecular complexity index is 1520. The smallest absolute Gasteiger partial charge is 0.200 e. The van der Waals surface area contributed by atoms with Crippen LogP contribution in [0.2, 0.25) is 16.6 Å². The number of fused-ring (bicyclic) bond motifs is 2. The molecule has 0 aromatic carbocycles. The molecule has 1 aliphatic carbocycles. The third-order valence-electron chi connectivity index (χ3n) is 9.93. The van der Waals surface area contributed by atoms with Crippen molar-refractivity contribution in [2.45, 2.75) is 116 Å². The number of anilines is 1. The number of hydrogen-bond acceptors (Lipinski definition) is 7. The zero-order valence-corrected chi connectivity index (χ0v) is 31.5. The van der Waals surface area contributed by atoms with Gasteiger partial charge in [0.15, 0.2) is 5.82 Å². The first-order valence-corrected chi connectivity index (χ1v) is 20.0. The molecule has 0 saturated carbocycles. The Labute approximate surface area is 276 Å². The van der Waals surface area contributed by atoms with Gasteiger partial charge in [0, 0.05) is 30.3 Å². The summed E-state index contributed by atoms with van der Waals surface area (Å²) in [6.07, 6.45) is 6.35. The molecule has 3 aromatic heterocycles. The number of nitrogens with zero attached hydrogens (tertiary/aromatic N) is 6. The summed E-state index contributed by atoms with van der Waals surface area (Å²) in [6.45, 7) is 24.1. The first-order valence-electron chi connectivity index (χ1n) is 16.0. The molecule has 1 atom stereocenters. The van der Waals surface area contributed by atoms with Crippen LogP contribution in [0.5, 0.6) is 0 Å². The van der Waals surface area contributed by atoms with Gasteiger partial charge in [-0.1, -0.05) is 45.9 Å². The summed E-state index contributed by atoms with van der Waals surface area (Å²) in [6, 6.07) is 4.11. The van der Waals surface area contributed by atoms with Gasteiger partial charge in [-0.05, 0) is 97.2 Å². The third kappa shape index (κ3) is 5.80. The molecule has 0 amide bonds. The number of piperidine rings is 1. The van der Waals surface area contributed by atoms with Gasteiger partial charge < -0.3 is 13.9 Å². The monoisotopic (exact) mass is 700 g/mol. The van der Waals surface area contributed by atoms with Crippen LogP contribution < -0.4 is 4.90 Å². The largest absolute Gasteiger partial charge is 0.591 e. The number of hydrogen-bond donors (Lipinski definition) is 0. The van der Waals surface area contributed by atoms with Gasteiger partial charge in [-0.15, -0.1) is 0 Å². The molecule has 4 heterocycles. The van der Waals surface area contributed by atoms with E-state index in [1.165, 1.54) is 5.56 Å². The van der Waals surface area contributed by atoms with Crippen molar-refractivity contribution in [3.8, 4) is 0 Å². The first-order chi connectivity index (χ1) is 20.6. The molecule has 1 spiro atoms. The zero-order valence-electron chi connectivity index (χ0n) is 28.1. The van der Waals surface area contributed by atoms with Crippen LogP contribution in [0.3, 0.4) is 0 Å². The van der Waals surface area contributed by atoms with E-state index in [1.807, 2.05) is 50.7 Å². The second-order valence-corrected chi connectivity index (χ2v) is 22.7. The van der Waals surface area contributed by atoms with Crippen molar-refractivity contribution in [1.29, 1.82) is 0 Å². The van der Waals surface area contributed by atoms with Crippen LogP contribution in [0, 0.1) is 12.3 Å². The Kier molecular flexibility index (Phi) is 9.48.